The molecule has 0 aromatic rings. The summed E-state index contributed by atoms with van der Waals surface area (Å²) in [5.74, 6) is 0. The first kappa shape index (κ1) is 13.2. The molecule has 1 N–H and O–H groups in total. The smallest absolute Gasteiger partial charge is 0.431 e. The highest BCUT2D eigenvalue weighted by Gasteiger charge is 2.16. The van der Waals surface area contributed by atoms with E-state index in [1.165, 1.54) is 0 Å². The van der Waals surface area contributed by atoms with Gasteiger partial charge >= 0.3 is 6.16 Å². The lowest BCUT2D eigenvalue weighted by Gasteiger charge is -2.22. The summed E-state index contributed by atoms with van der Waals surface area (Å²) in [5.41, 5.74) is 0.181. The number of ether oxygens (including phenoxy) is 2. The number of cyclic esters (lactones) is 2. The molecule has 1 saturated heterocycles. The van der Waals surface area contributed by atoms with Crippen molar-refractivity contribution in [3.63, 3.8) is 0 Å². The van der Waals surface area contributed by atoms with Gasteiger partial charge < -0.3 is 14.6 Å². The van der Waals surface area contributed by atoms with Crippen LogP contribution >= 0.6 is 0 Å². The van der Waals surface area contributed by atoms with Crippen LogP contribution in [0.3, 0.4) is 0 Å². The molecule has 0 atom stereocenters. The summed E-state index contributed by atoms with van der Waals surface area (Å²) in [7, 11) is 0. The normalized spacial score (nSPS) is 15.3. The standard InChI is InChI=1S/C7H16O.C3H4O3/c1-4-7(3,5-2)6-8;4-3-5-1-2-6-3/h8H,4-6H2,1-3H3;1-2H2. The summed E-state index contributed by atoms with van der Waals surface area (Å²) in [6.07, 6.45) is 1.59. The van der Waals surface area contributed by atoms with E-state index in [0.717, 1.165) is 12.8 Å². The number of rotatable bonds is 3. The van der Waals surface area contributed by atoms with Crippen LogP contribution in [0.2, 0.25) is 0 Å². The van der Waals surface area contributed by atoms with E-state index in [2.05, 4.69) is 30.2 Å². The molecule has 1 heterocycles. The molecule has 14 heavy (non-hydrogen) atoms. The Hall–Kier alpha value is -0.770. The van der Waals surface area contributed by atoms with Crippen molar-refractivity contribution in [3.05, 3.63) is 0 Å². The molecule has 0 bridgehead atoms. The minimum atomic E-state index is -0.546. The summed E-state index contributed by atoms with van der Waals surface area (Å²) in [4.78, 5) is 9.80. The van der Waals surface area contributed by atoms with E-state index in [1.54, 1.807) is 0 Å². The maximum absolute atomic E-state index is 9.80. The van der Waals surface area contributed by atoms with Crippen LogP contribution in [0.5, 0.6) is 0 Å². The Morgan fingerprint density at radius 1 is 1.29 bits per heavy atom. The molecule has 0 saturated carbocycles. The molecule has 4 nitrogen and oxygen atoms in total. The Morgan fingerprint density at radius 2 is 1.71 bits per heavy atom. The minimum Gasteiger partial charge on any atom is -0.431 e. The van der Waals surface area contributed by atoms with Crippen LogP contribution in [0.15, 0.2) is 0 Å². The van der Waals surface area contributed by atoms with Gasteiger partial charge in [-0.25, -0.2) is 4.79 Å². The zero-order valence-corrected chi connectivity index (χ0v) is 9.21. The van der Waals surface area contributed by atoms with Gasteiger partial charge in [0.2, 0.25) is 0 Å². The van der Waals surface area contributed by atoms with E-state index < -0.39 is 6.16 Å². The highest BCUT2D eigenvalue weighted by Crippen LogP contribution is 2.23. The van der Waals surface area contributed by atoms with Crippen molar-refractivity contribution in [2.24, 2.45) is 5.41 Å². The molecule has 0 spiro atoms. The van der Waals surface area contributed by atoms with Crippen LogP contribution in [-0.2, 0) is 9.47 Å². The first-order chi connectivity index (χ1) is 6.58. The van der Waals surface area contributed by atoms with Crippen molar-refractivity contribution < 1.29 is 19.4 Å². The van der Waals surface area contributed by atoms with Gasteiger partial charge in [-0.1, -0.05) is 20.8 Å². The SMILES string of the molecule is CCC(C)(CC)CO.O=C1OCCO1. The average Bonchev–Trinajstić information content (AvgIpc) is 2.69. The Balaban J connectivity index is 0.000000249. The van der Waals surface area contributed by atoms with Gasteiger partial charge in [0.15, 0.2) is 0 Å². The molecule has 1 fully saturated rings. The van der Waals surface area contributed by atoms with Gasteiger partial charge in [-0.2, -0.15) is 0 Å². The number of carbonyl (C=O) groups is 1. The third-order valence-electron chi connectivity index (χ3n) is 2.61. The van der Waals surface area contributed by atoms with Gasteiger partial charge in [0.1, 0.15) is 13.2 Å². The fraction of sp³-hybridized carbons (Fsp3) is 0.900. The van der Waals surface area contributed by atoms with Crippen LogP contribution in [0.25, 0.3) is 0 Å². The maximum Gasteiger partial charge on any atom is 0.508 e. The van der Waals surface area contributed by atoms with E-state index in [0.29, 0.717) is 19.8 Å². The molecule has 0 aromatic heterocycles. The van der Waals surface area contributed by atoms with Gasteiger partial charge in [0.05, 0.1) is 0 Å². The number of hydrogen-bond donors (Lipinski definition) is 1. The van der Waals surface area contributed by atoms with Crippen molar-refractivity contribution in [1.82, 2.24) is 0 Å². The van der Waals surface area contributed by atoms with E-state index in [1.807, 2.05) is 0 Å². The third-order valence-corrected chi connectivity index (χ3v) is 2.61. The van der Waals surface area contributed by atoms with Gasteiger partial charge in [0, 0.05) is 6.61 Å². The fourth-order valence-electron chi connectivity index (χ4n) is 0.765. The van der Waals surface area contributed by atoms with Crippen molar-refractivity contribution in [2.45, 2.75) is 33.6 Å². The molecule has 0 radical (unpaired) electrons. The van der Waals surface area contributed by atoms with Crippen LogP contribution in [0.1, 0.15) is 33.6 Å². The molecule has 0 aromatic carbocycles. The second-order valence-electron chi connectivity index (χ2n) is 3.62. The lowest BCUT2D eigenvalue weighted by Crippen LogP contribution is -2.18. The lowest BCUT2D eigenvalue weighted by molar-refractivity contribution is 0.131. The van der Waals surface area contributed by atoms with E-state index in [4.69, 9.17) is 5.11 Å². The number of carbonyl (C=O) groups excluding carboxylic acids is 1. The van der Waals surface area contributed by atoms with Crippen LogP contribution in [0.4, 0.5) is 4.79 Å². The zero-order valence-electron chi connectivity index (χ0n) is 9.21. The van der Waals surface area contributed by atoms with E-state index >= 15 is 0 Å². The fourth-order valence-corrected chi connectivity index (χ4v) is 0.765. The second-order valence-corrected chi connectivity index (χ2v) is 3.62. The summed E-state index contributed by atoms with van der Waals surface area (Å²) in [6, 6.07) is 0. The van der Waals surface area contributed by atoms with E-state index in [-0.39, 0.29) is 5.41 Å². The molecule has 0 aliphatic carbocycles. The van der Waals surface area contributed by atoms with Crippen molar-refractivity contribution in [3.8, 4) is 0 Å². The number of hydrogen-bond acceptors (Lipinski definition) is 4. The highest BCUT2D eigenvalue weighted by molar-refractivity contribution is 5.61. The number of aliphatic hydroxyl groups is 1. The Kier molecular flexibility index (Phi) is 6.28. The maximum atomic E-state index is 9.80. The van der Waals surface area contributed by atoms with Crippen molar-refractivity contribution >= 4 is 6.16 Å². The molecule has 1 aliphatic rings. The molecule has 1 rings (SSSR count). The summed E-state index contributed by atoms with van der Waals surface area (Å²) in [5, 5.41) is 8.79. The minimum absolute atomic E-state index is 0.181. The van der Waals surface area contributed by atoms with Crippen molar-refractivity contribution in [1.29, 1.82) is 0 Å². The van der Waals surface area contributed by atoms with Crippen molar-refractivity contribution in [2.75, 3.05) is 19.8 Å². The summed E-state index contributed by atoms with van der Waals surface area (Å²) < 4.78 is 8.58. The molecule has 0 unspecified atom stereocenters. The third kappa shape index (κ3) is 5.07. The Bertz CT molecular complexity index is 147. The van der Waals surface area contributed by atoms with Gasteiger partial charge in [-0.05, 0) is 18.3 Å². The molecular weight excluding hydrogens is 184 g/mol. The van der Waals surface area contributed by atoms with Crippen LogP contribution in [0, 0.1) is 5.41 Å². The number of aliphatic hydroxyl groups excluding tert-OH is 1. The van der Waals surface area contributed by atoms with E-state index in [9.17, 15) is 4.79 Å². The highest BCUT2D eigenvalue weighted by atomic mass is 16.8. The molecule has 84 valence electrons. The van der Waals surface area contributed by atoms with Crippen LogP contribution < -0.4 is 0 Å². The first-order valence-corrected chi connectivity index (χ1v) is 4.98. The second kappa shape index (κ2) is 6.65. The van der Waals surface area contributed by atoms with Gasteiger partial charge in [0.25, 0.3) is 0 Å². The molecular formula is C10H20O4. The predicted octanol–water partition coefficient (Wildman–Crippen LogP) is 1.96. The predicted molar refractivity (Wildman–Crippen MR) is 53.1 cm³/mol. The summed E-state index contributed by atoms with van der Waals surface area (Å²) >= 11 is 0. The largest absolute Gasteiger partial charge is 0.508 e. The summed E-state index contributed by atoms with van der Waals surface area (Å²) in [6.45, 7) is 7.48. The van der Waals surface area contributed by atoms with Gasteiger partial charge in [-0.15, -0.1) is 0 Å². The Morgan fingerprint density at radius 3 is 1.79 bits per heavy atom. The molecule has 1 aliphatic heterocycles. The average molecular weight is 204 g/mol. The molecule has 4 heteroatoms. The quantitative estimate of drug-likeness (QED) is 0.714. The van der Waals surface area contributed by atoms with Crippen LogP contribution in [-0.4, -0.2) is 31.1 Å². The first-order valence-electron chi connectivity index (χ1n) is 4.98. The monoisotopic (exact) mass is 204 g/mol. The topological polar surface area (TPSA) is 55.8 Å². The molecule has 0 amide bonds. The Labute approximate surface area is 85.2 Å². The lowest BCUT2D eigenvalue weighted by atomic mass is 9.86. The zero-order chi connectivity index (χ0) is 11.0. The van der Waals surface area contributed by atoms with Gasteiger partial charge in [-0.3, -0.25) is 0 Å².